The van der Waals surface area contributed by atoms with Crippen molar-refractivity contribution in [1.29, 1.82) is 0 Å². The highest BCUT2D eigenvalue weighted by Crippen LogP contribution is 2.74. The molecule has 4 aliphatic carbocycles. The summed E-state index contributed by atoms with van der Waals surface area (Å²) in [5.41, 5.74) is -2.37. The van der Waals surface area contributed by atoms with Crippen LogP contribution in [-0.4, -0.2) is 40.6 Å². The van der Waals surface area contributed by atoms with Gasteiger partial charge in [-0.3, -0.25) is 14.4 Å². The van der Waals surface area contributed by atoms with Gasteiger partial charge in [-0.1, -0.05) is 20.8 Å². The highest BCUT2D eigenvalue weighted by atomic mass is 16.6. The quantitative estimate of drug-likeness (QED) is 0.763. The van der Waals surface area contributed by atoms with Gasteiger partial charge in [-0.05, 0) is 12.8 Å². The number of hydrogen-bond acceptors (Lipinski definition) is 6. The Bertz CT molecular complexity index is 636. The SMILES string of the molecule is CC(=O)O[C@@H]1C[C@@](C)(O)[C@H]2[C@H]3[C@@H]1[C@]2(C)[C@H](OC(C)=O)CC(=O)C3(C)C. The first-order valence-electron chi connectivity index (χ1n) is 8.93. The molecule has 0 unspecified atom stereocenters. The number of esters is 2. The van der Waals surface area contributed by atoms with Gasteiger partial charge in [0.05, 0.1) is 5.60 Å². The Morgan fingerprint density at radius 1 is 1.04 bits per heavy atom. The molecule has 0 heterocycles. The lowest BCUT2D eigenvalue weighted by Gasteiger charge is -2.72. The number of ketones is 1. The van der Waals surface area contributed by atoms with E-state index in [1.165, 1.54) is 13.8 Å². The molecule has 7 atom stereocenters. The average Bonchev–Trinajstić information content (AvgIpc) is 2.49. The van der Waals surface area contributed by atoms with Crippen molar-refractivity contribution in [3.63, 3.8) is 0 Å². The van der Waals surface area contributed by atoms with Gasteiger partial charge in [-0.15, -0.1) is 0 Å². The summed E-state index contributed by atoms with van der Waals surface area (Å²) in [4.78, 5) is 36.2. The fourth-order valence-corrected chi connectivity index (χ4v) is 6.23. The van der Waals surface area contributed by atoms with Crippen LogP contribution >= 0.6 is 0 Å². The average molecular weight is 352 g/mol. The van der Waals surface area contributed by atoms with Crippen LogP contribution in [-0.2, 0) is 23.9 Å². The molecule has 0 aromatic carbocycles. The lowest BCUT2D eigenvalue weighted by molar-refractivity contribution is -0.323. The van der Waals surface area contributed by atoms with Crippen LogP contribution in [0.1, 0.15) is 54.4 Å². The highest BCUT2D eigenvalue weighted by Gasteiger charge is 2.79. The fraction of sp³-hybridized carbons (Fsp3) is 0.842. The molecular formula is C19H28O6. The lowest BCUT2D eigenvalue weighted by Crippen LogP contribution is -2.76. The number of hydrogen-bond donors (Lipinski definition) is 1. The summed E-state index contributed by atoms with van der Waals surface area (Å²) in [5.74, 6) is -1.24. The molecule has 140 valence electrons. The molecule has 4 aliphatic rings. The Hall–Kier alpha value is -1.43. The van der Waals surface area contributed by atoms with Crippen molar-refractivity contribution in [3.05, 3.63) is 0 Å². The molecule has 25 heavy (non-hydrogen) atoms. The van der Waals surface area contributed by atoms with Gasteiger partial charge in [-0.2, -0.15) is 0 Å². The van der Waals surface area contributed by atoms with E-state index < -0.39 is 40.6 Å². The predicted molar refractivity (Wildman–Crippen MR) is 88.3 cm³/mol. The first kappa shape index (κ1) is 18.4. The van der Waals surface area contributed by atoms with Gasteiger partial charge in [0.25, 0.3) is 0 Å². The van der Waals surface area contributed by atoms with Crippen LogP contribution in [0.25, 0.3) is 0 Å². The molecule has 4 saturated carbocycles. The fourth-order valence-electron chi connectivity index (χ4n) is 6.23. The molecular weight excluding hydrogens is 324 g/mol. The molecule has 4 rings (SSSR count). The summed E-state index contributed by atoms with van der Waals surface area (Å²) >= 11 is 0. The van der Waals surface area contributed by atoms with Crippen LogP contribution in [0.5, 0.6) is 0 Å². The van der Waals surface area contributed by atoms with Gasteiger partial charge in [0.2, 0.25) is 0 Å². The number of rotatable bonds is 2. The van der Waals surface area contributed by atoms with Crippen molar-refractivity contribution in [2.45, 2.75) is 72.2 Å². The monoisotopic (exact) mass is 352 g/mol. The second kappa shape index (κ2) is 5.29. The Morgan fingerprint density at radius 3 is 2.12 bits per heavy atom. The van der Waals surface area contributed by atoms with E-state index in [1.54, 1.807) is 6.92 Å². The number of fused-ring (bicyclic) bond motifs is 2. The topological polar surface area (TPSA) is 89.9 Å². The molecule has 0 saturated heterocycles. The highest BCUT2D eigenvalue weighted by molar-refractivity contribution is 5.86. The summed E-state index contributed by atoms with van der Waals surface area (Å²) in [7, 11) is 0. The van der Waals surface area contributed by atoms with Gasteiger partial charge in [-0.25, -0.2) is 0 Å². The molecule has 4 bridgehead atoms. The van der Waals surface area contributed by atoms with Gasteiger partial charge in [0, 0.05) is 49.4 Å². The van der Waals surface area contributed by atoms with Crippen LogP contribution in [0, 0.1) is 28.6 Å². The molecule has 0 aromatic rings. The smallest absolute Gasteiger partial charge is 0.302 e. The number of ether oxygens (including phenoxy) is 2. The van der Waals surface area contributed by atoms with E-state index in [-0.39, 0.29) is 30.0 Å². The van der Waals surface area contributed by atoms with E-state index in [1.807, 2.05) is 20.8 Å². The Morgan fingerprint density at radius 2 is 1.60 bits per heavy atom. The first-order valence-corrected chi connectivity index (χ1v) is 8.93. The maximum Gasteiger partial charge on any atom is 0.302 e. The zero-order chi connectivity index (χ0) is 18.9. The maximum absolute atomic E-state index is 12.9. The summed E-state index contributed by atoms with van der Waals surface area (Å²) in [5, 5.41) is 11.2. The predicted octanol–water partition coefficient (Wildman–Crippen LogP) is 1.87. The van der Waals surface area contributed by atoms with Gasteiger partial charge < -0.3 is 14.6 Å². The minimum absolute atomic E-state index is 0.0271. The van der Waals surface area contributed by atoms with Crippen molar-refractivity contribution in [2.24, 2.45) is 28.6 Å². The van der Waals surface area contributed by atoms with Crippen LogP contribution < -0.4 is 0 Å². The van der Waals surface area contributed by atoms with Crippen molar-refractivity contribution in [3.8, 4) is 0 Å². The molecule has 6 heteroatoms. The normalized spacial score (nSPS) is 47.3. The summed E-state index contributed by atoms with van der Waals surface area (Å²) in [6.07, 6.45) is -0.633. The molecule has 0 spiro atoms. The van der Waals surface area contributed by atoms with E-state index in [4.69, 9.17) is 9.47 Å². The van der Waals surface area contributed by atoms with Crippen molar-refractivity contribution in [2.75, 3.05) is 0 Å². The lowest BCUT2D eigenvalue weighted by atomic mass is 9.33. The Balaban J connectivity index is 2.14. The molecule has 4 fully saturated rings. The number of carbonyl (C=O) groups excluding carboxylic acids is 3. The van der Waals surface area contributed by atoms with Crippen molar-refractivity contribution >= 4 is 17.7 Å². The van der Waals surface area contributed by atoms with Gasteiger partial charge in [0.1, 0.15) is 18.0 Å². The molecule has 1 N–H and O–H groups in total. The Labute approximate surface area is 148 Å². The zero-order valence-corrected chi connectivity index (χ0v) is 15.8. The third-order valence-corrected chi connectivity index (χ3v) is 7.06. The van der Waals surface area contributed by atoms with Gasteiger partial charge >= 0.3 is 11.9 Å². The minimum Gasteiger partial charge on any atom is -0.462 e. The number of carbonyl (C=O) groups is 3. The van der Waals surface area contributed by atoms with Crippen LogP contribution in [0.3, 0.4) is 0 Å². The van der Waals surface area contributed by atoms with Crippen molar-refractivity contribution < 1.29 is 29.0 Å². The van der Waals surface area contributed by atoms with E-state index in [0.29, 0.717) is 6.42 Å². The first-order chi connectivity index (χ1) is 11.3. The largest absolute Gasteiger partial charge is 0.462 e. The molecule has 6 nitrogen and oxygen atoms in total. The van der Waals surface area contributed by atoms with Gasteiger partial charge in [0.15, 0.2) is 0 Å². The van der Waals surface area contributed by atoms with E-state index in [0.717, 1.165) is 0 Å². The van der Waals surface area contributed by atoms with Crippen LogP contribution in [0.15, 0.2) is 0 Å². The zero-order valence-electron chi connectivity index (χ0n) is 15.8. The van der Waals surface area contributed by atoms with E-state index >= 15 is 0 Å². The van der Waals surface area contributed by atoms with Crippen molar-refractivity contribution in [1.82, 2.24) is 0 Å². The second-order valence-corrected chi connectivity index (χ2v) is 9.05. The number of aliphatic hydroxyl groups is 1. The third kappa shape index (κ3) is 2.36. The van der Waals surface area contributed by atoms with Crippen LogP contribution in [0.4, 0.5) is 0 Å². The summed E-state index contributed by atoms with van der Waals surface area (Å²) in [6, 6.07) is 0. The van der Waals surface area contributed by atoms with E-state index in [2.05, 4.69) is 0 Å². The second-order valence-electron chi connectivity index (χ2n) is 9.05. The van der Waals surface area contributed by atoms with Crippen LogP contribution in [0.2, 0.25) is 0 Å². The third-order valence-electron chi connectivity index (χ3n) is 7.06. The molecule has 0 aromatic heterocycles. The summed E-state index contributed by atoms with van der Waals surface area (Å²) in [6.45, 7) is 10.2. The maximum atomic E-state index is 12.9. The van der Waals surface area contributed by atoms with E-state index in [9.17, 15) is 19.5 Å². The summed E-state index contributed by atoms with van der Waals surface area (Å²) < 4.78 is 11.1. The minimum atomic E-state index is -1.10. The molecule has 0 aliphatic heterocycles. The molecule has 0 amide bonds. The molecule has 0 radical (unpaired) electrons. The number of Topliss-reactive ketones (excluding diaryl/α,β-unsaturated/α-hetero) is 1. The standard InChI is InChI=1S/C19H28O6/c1-9(20)24-11-8-18(5,23)16-15-14(11)19(16,6)13(25-10(2)21)7-12(22)17(15,3)4/h11,13-16,23H,7-8H2,1-6H3/t11-,13-,14-,15-,16-,18-,19+/m1/s1. The Kier molecular flexibility index (Phi) is 3.88.